The first-order valence-corrected chi connectivity index (χ1v) is 10.5. The summed E-state index contributed by atoms with van der Waals surface area (Å²) in [5, 5.41) is 16.9. The molecule has 3 aliphatic heterocycles. The lowest BCUT2D eigenvalue weighted by atomic mass is 9.87. The lowest BCUT2D eigenvalue weighted by Crippen LogP contribution is -2.56. The molecule has 3 N–H and O–H groups in total. The summed E-state index contributed by atoms with van der Waals surface area (Å²) in [7, 11) is 0. The normalized spacial score (nSPS) is 30.6. The summed E-state index contributed by atoms with van der Waals surface area (Å²) in [5.41, 5.74) is 1.57. The van der Waals surface area contributed by atoms with Crippen LogP contribution in [0.25, 0.3) is 0 Å². The first-order valence-electron chi connectivity index (χ1n) is 10.1. The van der Waals surface area contributed by atoms with Gasteiger partial charge in [0.15, 0.2) is 0 Å². The largest absolute Gasteiger partial charge is 0.378 e. The molecule has 28 heavy (non-hydrogen) atoms. The Hall–Kier alpha value is -1.83. The molecule has 3 atom stereocenters. The minimum Gasteiger partial charge on any atom is -0.378 e. The average Bonchev–Trinajstić information content (AvgIpc) is 3.40. The lowest BCUT2D eigenvalue weighted by molar-refractivity contribution is -0.125. The molecule has 8 heteroatoms. The van der Waals surface area contributed by atoms with Crippen LogP contribution in [0.2, 0.25) is 5.02 Å². The van der Waals surface area contributed by atoms with Crippen molar-refractivity contribution in [3.05, 3.63) is 28.8 Å². The number of imide groups is 1. The van der Waals surface area contributed by atoms with Gasteiger partial charge in [-0.2, -0.15) is 0 Å². The van der Waals surface area contributed by atoms with Crippen molar-refractivity contribution in [2.24, 2.45) is 5.92 Å². The molecule has 4 aliphatic rings. The summed E-state index contributed by atoms with van der Waals surface area (Å²) in [6.45, 7) is 2.37. The lowest BCUT2D eigenvalue weighted by Gasteiger charge is -2.41. The molecule has 150 valence electrons. The van der Waals surface area contributed by atoms with Gasteiger partial charge in [0.05, 0.1) is 0 Å². The third-order valence-corrected chi connectivity index (χ3v) is 7.17. The number of halogens is 1. The molecule has 0 aromatic heterocycles. The topological polar surface area (TPSA) is 84.9 Å². The van der Waals surface area contributed by atoms with Gasteiger partial charge in [-0.15, -0.1) is 0 Å². The van der Waals surface area contributed by atoms with Gasteiger partial charge in [0.25, 0.3) is 5.91 Å². The summed E-state index contributed by atoms with van der Waals surface area (Å²) in [6, 6.07) is 5.94. The summed E-state index contributed by atoms with van der Waals surface area (Å²) >= 11 is 6.37. The van der Waals surface area contributed by atoms with Crippen molar-refractivity contribution in [1.29, 1.82) is 0 Å². The van der Waals surface area contributed by atoms with E-state index in [4.69, 9.17) is 11.6 Å². The number of amides is 3. The van der Waals surface area contributed by atoms with Crippen molar-refractivity contribution in [3.8, 4) is 0 Å². The van der Waals surface area contributed by atoms with Crippen LogP contribution in [-0.4, -0.2) is 59.4 Å². The highest BCUT2D eigenvalue weighted by molar-refractivity contribution is 6.31. The fourth-order valence-electron chi connectivity index (χ4n) is 5.18. The minimum atomic E-state index is -0.836. The van der Waals surface area contributed by atoms with Crippen LogP contribution in [0, 0.1) is 5.92 Å². The maximum Gasteiger partial charge on any atom is 0.322 e. The molecule has 7 nitrogen and oxygen atoms in total. The Morgan fingerprint density at radius 2 is 2.11 bits per heavy atom. The monoisotopic (exact) mass is 404 g/mol. The number of carbonyl (C=O) groups excluding carboxylic acids is 2. The molecule has 2 unspecified atom stereocenters. The quantitative estimate of drug-likeness (QED) is 0.647. The number of benzene rings is 1. The van der Waals surface area contributed by atoms with Gasteiger partial charge in [0.2, 0.25) is 0 Å². The second-order valence-corrected chi connectivity index (χ2v) is 8.86. The smallest absolute Gasteiger partial charge is 0.322 e. The number of nitrogens with zero attached hydrogens (tertiary/aromatic N) is 2. The van der Waals surface area contributed by atoms with Crippen LogP contribution in [0.1, 0.15) is 31.2 Å². The van der Waals surface area contributed by atoms with Gasteiger partial charge in [0.1, 0.15) is 11.8 Å². The second-order valence-electron chi connectivity index (χ2n) is 8.46. The highest BCUT2D eigenvalue weighted by Gasteiger charge is 2.55. The van der Waals surface area contributed by atoms with Crippen molar-refractivity contribution >= 4 is 29.2 Å². The van der Waals surface area contributed by atoms with E-state index in [0.29, 0.717) is 18.9 Å². The van der Waals surface area contributed by atoms with E-state index < -0.39 is 17.8 Å². The molecule has 0 radical (unpaired) electrons. The van der Waals surface area contributed by atoms with Crippen LogP contribution in [0.5, 0.6) is 0 Å². The number of hydrogen-bond donors (Lipinski definition) is 3. The van der Waals surface area contributed by atoms with E-state index in [0.717, 1.165) is 43.9 Å². The summed E-state index contributed by atoms with van der Waals surface area (Å²) in [5.74, 6) is -0.0487. The van der Waals surface area contributed by atoms with Crippen LogP contribution in [0.3, 0.4) is 0 Å². The van der Waals surface area contributed by atoms with Crippen molar-refractivity contribution in [2.75, 3.05) is 24.5 Å². The van der Waals surface area contributed by atoms with E-state index in [9.17, 15) is 14.7 Å². The van der Waals surface area contributed by atoms with Gasteiger partial charge in [-0.1, -0.05) is 17.7 Å². The molecule has 3 heterocycles. The molecule has 0 spiro atoms. The highest BCUT2D eigenvalue weighted by atomic mass is 35.5. The van der Waals surface area contributed by atoms with Gasteiger partial charge in [-0.25, -0.2) is 4.79 Å². The van der Waals surface area contributed by atoms with E-state index in [2.05, 4.69) is 26.5 Å². The molecule has 0 bridgehead atoms. The number of carbonyl (C=O) groups is 2. The zero-order chi connectivity index (χ0) is 19.5. The van der Waals surface area contributed by atoms with Crippen LogP contribution in [0.4, 0.5) is 10.5 Å². The predicted octanol–water partition coefficient (Wildman–Crippen LogP) is 1.47. The Bertz CT molecular complexity index is 830. The number of rotatable bonds is 5. The molecule has 1 aromatic rings. The molecule has 1 aromatic carbocycles. The van der Waals surface area contributed by atoms with Gasteiger partial charge in [-0.3, -0.25) is 15.0 Å². The average molecular weight is 405 g/mol. The minimum absolute atomic E-state index is 0.189. The van der Waals surface area contributed by atoms with Crippen molar-refractivity contribution in [2.45, 2.75) is 49.9 Å². The molecule has 2 saturated heterocycles. The molecule has 5 rings (SSSR count). The molecule has 1 aliphatic carbocycles. The molecular weight excluding hydrogens is 380 g/mol. The van der Waals surface area contributed by atoms with E-state index >= 15 is 0 Å². The predicted molar refractivity (Wildman–Crippen MR) is 105 cm³/mol. The maximum absolute atomic E-state index is 12.4. The molecule has 3 fully saturated rings. The SMILES string of the molecule is O=C1NC(=O)[C@](CCC(O)N2CCN3c4cccc(Cl)c4CC3C2)(C2CC2)N1. The fourth-order valence-corrected chi connectivity index (χ4v) is 5.43. The number of nitrogens with one attached hydrogen (secondary N) is 2. The van der Waals surface area contributed by atoms with Crippen LogP contribution >= 0.6 is 11.6 Å². The Morgan fingerprint density at radius 3 is 2.82 bits per heavy atom. The number of anilines is 1. The van der Waals surface area contributed by atoms with E-state index in [-0.39, 0.29) is 11.8 Å². The van der Waals surface area contributed by atoms with Crippen molar-refractivity contribution in [3.63, 3.8) is 0 Å². The zero-order valence-corrected chi connectivity index (χ0v) is 16.4. The summed E-state index contributed by atoms with van der Waals surface area (Å²) in [6.07, 6.45) is 3.09. The first-order chi connectivity index (χ1) is 13.5. The Morgan fingerprint density at radius 1 is 1.29 bits per heavy atom. The van der Waals surface area contributed by atoms with Gasteiger partial charge in [-0.05, 0) is 55.7 Å². The van der Waals surface area contributed by atoms with Gasteiger partial charge >= 0.3 is 6.03 Å². The Kier molecular flexibility index (Phi) is 4.30. The van der Waals surface area contributed by atoms with Crippen molar-refractivity contribution in [1.82, 2.24) is 15.5 Å². The van der Waals surface area contributed by atoms with E-state index in [1.54, 1.807) is 0 Å². The maximum atomic E-state index is 12.4. The van der Waals surface area contributed by atoms with Gasteiger partial charge < -0.3 is 15.3 Å². The Labute approximate surface area is 169 Å². The summed E-state index contributed by atoms with van der Waals surface area (Å²) in [4.78, 5) is 28.5. The van der Waals surface area contributed by atoms with Crippen LogP contribution in [-0.2, 0) is 11.2 Å². The number of fused-ring (bicyclic) bond motifs is 3. The molecular formula is C20H25ClN4O3. The number of hydrogen-bond acceptors (Lipinski definition) is 5. The third-order valence-electron chi connectivity index (χ3n) is 6.82. The fraction of sp³-hybridized carbons (Fsp3) is 0.600. The third kappa shape index (κ3) is 2.88. The number of aliphatic hydroxyl groups excluding tert-OH is 1. The van der Waals surface area contributed by atoms with Gasteiger partial charge in [0, 0.05) is 36.4 Å². The molecule has 3 amide bonds. The zero-order valence-electron chi connectivity index (χ0n) is 15.7. The number of urea groups is 1. The molecule has 1 saturated carbocycles. The summed E-state index contributed by atoms with van der Waals surface area (Å²) < 4.78 is 0. The highest BCUT2D eigenvalue weighted by Crippen LogP contribution is 2.44. The van der Waals surface area contributed by atoms with E-state index in [1.807, 2.05) is 12.1 Å². The number of piperazine rings is 1. The van der Waals surface area contributed by atoms with Crippen LogP contribution in [0.15, 0.2) is 18.2 Å². The van der Waals surface area contributed by atoms with E-state index in [1.165, 1.54) is 11.3 Å². The standard InChI is InChI=1S/C20H25ClN4O3/c21-15-2-1-3-16-14(15)10-13-11-24(8-9-25(13)16)17(26)6-7-20(12-4-5-12)18(27)22-19(28)23-20/h1-3,12-13,17,26H,4-11H2,(H2,22,23,27,28)/t13?,17?,20-/m0/s1. The Balaban J connectivity index is 1.23. The number of aliphatic hydroxyl groups is 1. The first kappa shape index (κ1) is 18.2. The van der Waals surface area contributed by atoms with Crippen molar-refractivity contribution < 1.29 is 14.7 Å². The second kappa shape index (κ2) is 6.61. The van der Waals surface area contributed by atoms with Crippen LogP contribution < -0.4 is 15.5 Å².